The van der Waals surface area contributed by atoms with Gasteiger partial charge in [0.2, 0.25) is 0 Å². The van der Waals surface area contributed by atoms with Crippen molar-refractivity contribution in [2.24, 2.45) is 0 Å². The molecule has 3 aromatic heterocycles. The number of aromatic amines is 1. The molecular formula is C36H28N5P. The molecule has 0 fully saturated rings. The fourth-order valence-corrected chi connectivity index (χ4v) is 6.34. The molecule has 1 unspecified atom stereocenters. The number of anilines is 4. The highest BCUT2D eigenvalue weighted by molar-refractivity contribution is 7.19. The quantitative estimate of drug-likeness (QED) is 0.210. The number of benzene rings is 4. The number of aryl methyl sites for hydroxylation is 2. The van der Waals surface area contributed by atoms with Crippen LogP contribution < -0.4 is 9.99 Å². The molecule has 8 rings (SSSR count). The second-order valence-corrected chi connectivity index (χ2v) is 11.2. The first-order valence-corrected chi connectivity index (χ1v) is 14.7. The third-order valence-corrected chi connectivity index (χ3v) is 8.68. The van der Waals surface area contributed by atoms with E-state index in [2.05, 4.69) is 129 Å². The van der Waals surface area contributed by atoms with E-state index in [4.69, 9.17) is 9.97 Å². The largest absolute Gasteiger partial charge is 0.355 e. The molecule has 6 heteroatoms. The zero-order valence-electron chi connectivity index (χ0n) is 22.9. The summed E-state index contributed by atoms with van der Waals surface area (Å²) in [6.45, 7) is 0. The van der Waals surface area contributed by atoms with Crippen LogP contribution in [0.3, 0.4) is 0 Å². The number of nitrogens with one attached hydrogen (secondary N) is 2. The number of pyridine rings is 2. The van der Waals surface area contributed by atoms with Crippen molar-refractivity contribution in [3.8, 4) is 22.5 Å². The monoisotopic (exact) mass is 561 g/mol. The van der Waals surface area contributed by atoms with Gasteiger partial charge < -0.3 is 10.3 Å². The number of hydrogen-bond acceptors (Lipinski definition) is 4. The van der Waals surface area contributed by atoms with Crippen molar-refractivity contribution < 1.29 is 0 Å². The second kappa shape index (κ2) is 10.1. The number of H-pyrrole nitrogens is 1. The van der Waals surface area contributed by atoms with E-state index in [1.807, 2.05) is 16.8 Å². The van der Waals surface area contributed by atoms with Gasteiger partial charge in [0.05, 0.1) is 22.6 Å². The van der Waals surface area contributed by atoms with Crippen LogP contribution in [0.1, 0.15) is 11.1 Å². The Kier molecular flexibility index (Phi) is 5.98. The summed E-state index contributed by atoms with van der Waals surface area (Å²) in [4.78, 5) is 13.8. The molecule has 42 heavy (non-hydrogen) atoms. The molecule has 7 aromatic rings. The summed E-state index contributed by atoms with van der Waals surface area (Å²) in [6, 6.07) is 42.2. The van der Waals surface area contributed by atoms with Crippen LogP contribution in [-0.4, -0.2) is 15.0 Å². The third kappa shape index (κ3) is 4.22. The van der Waals surface area contributed by atoms with Crippen LogP contribution in [0.2, 0.25) is 0 Å². The third-order valence-electron chi connectivity index (χ3n) is 8.15. The summed E-state index contributed by atoms with van der Waals surface area (Å²) in [5, 5.41) is 6.14. The van der Waals surface area contributed by atoms with Crippen molar-refractivity contribution in [1.82, 2.24) is 15.0 Å². The van der Waals surface area contributed by atoms with Crippen molar-refractivity contribution >= 4 is 54.2 Å². The molecule has 0 radical (unpaired) electrons. The fraction of sp³-hybridized carbons (Fsp3) is 0.0556. The molecule has 1 atom stereocenters. The topological polar surface area (TPSA) is 56.8 Å². The molecule has 0 saturated heterocycles. The molecule has 0 spiro atoms. The standard InChI is InChI=1S/C36H28N5P/c42-41(34-20-8-18-32(38-34)28-14-6-12-26-25-11-2-4-16-30(25)40-36(26)28)33-19-7-17-31(37-33)27-13-5-10-24-22-21-23-9-1-3-15-29(23)39-35(24)27/h1-20,39-40H,21-22,42H2. The average molecular weight is 562 g/mol. The van der Waals surface area contributed by atoms with Crippen molar-refractivity contribution in [3.63, 3.8) is 0 Å². The second-order valence-electron chi connectivity index (χ2n) is 10.7. The minimum absolute atomic E-state index is 0.800. The summed E-state index contributed by atoms with van der Waals surface area (Å²) in [7, 11) is 2.81. The van der Waals surface area contributed by atoms with E-state index in [-0.39, 0.29) is 0 Å². The van der Waals surface area contributed by atoms with E-state index >= 15 is 0 Å². The molecule has 4 aromatic carbocycles. The van der Waals surface area contributed by atoms with Gasteiger partial charge >= 0.3 is 0 Å². The van der Waals surface area contributed by atoms with E-state index in [0.29, 0.717) is 0 Å². The van der Waals surface area contributed by atoms with Gasteiger partial charge in [-0.1, -0.05) is 84.9 Å². The predicted molar refractivity (Wildman–Crippen MR) is 178 cm³/mol. The minimum Gasteiger partial charge on any atom is -0.355 e. The highest BCUT2D eigenvalue weighted by Crippen LogP contribution is 2.39. The maximum absolute atomic E-state index is 5.11. The van der Waals surface area contributed by atoms with E-state index in [1.165, 1.54) is 27.6 Å². The van der Waals surface area contributed by atoms with Crippen LogP contribution in [0.15, 0.2) is 121 Å². The zero-order chi connectivity index (χ0) is 28.0. The Morgan fingerprint density at radius 2 is 1.19 bits per heavy atom. The maximum atomic E-state index is 5.11. The number of rotatable bonds is 4. The lowest BCUT2D eigenvalue weighted by Crippen LogP contribution is -2.06. The molecule has 2 N–H and O–H groups in total. The van der Waals surface area contributed by atoms with Gasteiger partial charge in [0.15, 0.2) is 0 Å². The molecule has 1 aliphatic rings. The summed E-state index contributed by atoms with van der Waals surface area (Å²) in [6.07, 6.45) is 2.00. The van der Waals surface area contributed by atoms with Gasteiger partial charge in [-0.3, -0.25) is 4.67 Å². The van der Waals surface area contributed by atoms with Crippen LogP contribution in [0.4, 0.5) is 23.0 Å². The Balaban J connectivity index is 1.16. The Bertz CT molecular complexity index is 2110. The zero-order valence-corrected chi connectivity index (χ0v) is 24.0. The highest BCUT2D eigenvalue weighted by Gasteiger charge is 2.18. The molecule has 0 saturated carbocycles. The van der Waals surface area contributed by atoms with Gasteiger partial charge in [-0.2, -0.15) is 0 Å². The molecule has 1 aliphatic heterocycles. The van der Waals surface area contributed by atoms with Gasteiger partial charge in [-0.15, -0.1) is 0 Å². The molecule has 4 heterocycles. The lowest BCUT2D eigenvalue weighted by Gasteiger charge is -2.20. The number of nitrogens with zero attached hydrogens (tertiary/aromatic N) is 3. The van der Waals surface area contributed by atoms with Crippen molar-refractivity contribution in [2.75, 3.05) is 9.99 Å². The number of para-hydroxylation sites is 4. The van der Waals surface area contributed by atoms with Gasteiger partial charge in [-0.25, -0.2) is 9.97 Å². The van der Waals surface area contributed by atoms with Gasteiger partial charge in [0.1, 0.15) is 11.6 Å². The number of fused-ring (bicyclic) bond motifs is 5. The lowest BCUT2D eigenvalue weighted by molar-refractivity contribution is 0.977. The van der Waals surface area contributed by atoms with Crippen molar-refractivity contribution in [1.29, 1.82) is 0 Å². The first kappa shape index (κ1) is 24.8. The van der Waals surface area contributed by atoms with Crippen LogP contribution >= 0.6 is 9.39 Å². The normalized spacial score (nSPS) is 12.4. The Labute approximate surface area is 246 Å². The lowest BCUT2D eigenvalue weighted by atomic mass is 10.0. The van der Waals surface area contributed by atoms with Crippen LogP contribution in [-0.2, 0) is 12.8 Å². The van der Waals surface area contributed by atoms with Crippen molar-refractivity contribution in [2.45, 2.75) is 12.8 Å². The highest BCUT2D eigenvalue weighted by atomic mass is 31.0. The molecular weight excluding hydrogens is 533 g/mol. The molecule has 0 aliphatic carbocycles. The van der Waals surface area contributed by atoms with E-state index in [9.17, 15) is 0 Å². The Morgan fingerprint density at radius 3 is 2.05 bits per heavy atom. The first-order chi connectivity index (χ1) is 20.7. The summed E-state index contributed by atoms with van der Waals surface area (Å²) in [5.74, 6) is 1.60. The maximum Gasteiger partial charge on any atom is 0.137 e. The number of hydrogen-bond donors (Lipinski definition) is 2. The Morgan fingerprint density at radius 1 is 0.571 bits per heavy atom. The van der Waals surface area contributed by atoms with Crippen LogP contribution in [0.5, 0.6) is 0 Å². The molecule has 5 nitrogen and oxygen atoms in total. The fourth-order valence-electron chi connectivity index (χ4n) is 6.05. The first-order valence-electron chi connectivity index (χ1n) is 14.2. The molecule has 0 amide bonds. The van der Waals surface area contributed by atoms with Gasteiger partial charge in [0.25, 0.3) is 0 Å². The smallest absolute Gasteiger partial charge is 0.137 e. The minimum atomic E-state index is 0.800. The SMILES string of the molecule is PN(c1cccc(-c2cccc3c2Nc2ccccc2CC3)n1)c1cccc(-c2cccc3c2[nH]c2ccccc23)n1. The van der Waals surface area contributed by atoms with Crippen LogP contribution in [0.25, 0.3) is 44.3 Å². The van der Waals surface area contributed by atoms with Crippen LogP contribution in [0, 0.1) is 0 Å². The predicted octanol–water partition coefficient (Wildman–Crippen LogP) is 9.22. The van der Waals surface area contributed by atoms with Gasteiger partial charge in [0, 0.05) is 33.1 Å². The van der Waals surface area contributed by atoms with E-state index < -0.39 is 0 Å². The summed E-state index contributed by atoms with van der Waals surface area (Å²) in [5.41, 5.74) is 11.2. The van der Waals surface area contributed by atoms with Gasteiger partial charge in [-0.05, 0) is 69.8 Å². The Hall–Kier alpha value is -4.99. The van der Waals surface area contributed by atoms with E-state index in [1.54, 1.807) is 0 Å². The molecule has 0 bridgehead atoms. The average Bonchev–Trinajstić information content (AvgIpc) is 3.32. The van der Waals surface area contributed by atoms with E-state index in [0.717, 1.165) is 63.7 Å². The summed E-state index contributed by atoms with van der Waals surface area (Å²) >= 11 is 0. The summed E-state index contributed by atoms with van der Waals surface area (Å²) < 4.78 is 1.97. The van der Waals surface area contributed by atoms with Crippen molar-refractivity contribution in [3.05, 3.63) is 132 Å². The molecule has 202 valence electrons. The number of aromatic nitrogens is 3.